The van der Waals surface area contributed by atoms with Gasteiger partial charge in [0.2, 0.25) is 9.84 Å². The lowest BCUT2D eigenvalue weighted by atomic mass is 10.2. The van der Waals surface area contributed by atoms with Crippen molar-refractivity contribution in [1.29, 1.82) is 0 Å². The molecule has 8 heteroatoms. The number of fused-ring (bicyclic) bond motifs is 1. The predicted molar refractivity (Wildman–Crippen MR) is 99.7 cm³/mol. The van der Waals surface area contributed by atoms with Crippen molar-refractivity contribution in [3.8, 4) is 11.3 Å². The van der Waals surface area contributed by atoms with Crippen LogP contribution in [0.3, 0.4) is 0 Å². The summed E-state index contributed by atoms with van der Waals surface area (Å²) in [5.74, 6) is 0.00660. The van der Waals surface area contributed by atoms with Crippen LogP contribution in [0.4, 0.5) is 5.82 Å². The molecule has 0 aliphatic heterocycles. The van der Waals surface area contributed by atoms with E-state index in [0.717, 1.165) is 5.56 Å². The monoisotopic (exact) mass is 384 g/mol. The highest BCUT2D eigenvalue weighted by molar-refractivity contribution is 7.91. The molecule has 0 saturated heterocycles. The van der Waals surface area contributed by atoms with Crippen molar-refractivity contribution in [3.05, 3.63) is 71.9 Å². The number of nitrogens with two attached hydrogens (primary N) is 1. The molecule has 2 aromatic carbocycles. The van der Waals surface area contributed by atoms with Crippen LogP contribution in [0.5, 0.6) is 0 Å². The average Bonchev–Trinajstić information content (AvgIpc) is 3.08. The highest BCUT2D eigenvalue weighted by Gasteiger charge is 2.23. The normalized spacial score (nSPS) is 11.7. The molecular weight excluding hydrogens is 372 g/mol. The standard InChI is InChI=1S/C18H13ClN4O2S/c19-13-6-8-14(9-7-13)26(24,25)16-11-21-17-10-15(22-23(17)18(16)20)12-4-2-1-3-5-12/h1-11H,20H2. The number of sulfone groups is 1. The minimum atomic E-state index is -3.84. The van der Waals surface area contributed by atoms with Crippen molar-refractivity contribution in [3.63, 3.8) is 0 Å². The second kappa shape index (κ2) is 6.12. The van der Waals surface area contributed by atoms with E-state index in [2.05, 4.69) is 10.1 Å². The third-order valence-corrected chi connectivity index (χ3v) is 6.01. The number of benzene rings is 2. The molecule has 0 spiro atoms. The Bertz CT molecular complexity index is 1200. The van der Waals surface area contributed by atoms with Gasteiger partial charge in [-0.2, -0.15) is 9.61 Å². The molecule has 4 aromatic rings. The maximum Gasteiger partial charge on any atom is 0.211 e. The first-order chi connectivity index (χ1) is 12.5. The topological polar surface area (TPSA) is 90.4 Å². The second-order valence-electron chi connectivity index (χ2n) is 5.63. The van der Waals surface area contributed by atoms with Gasteiger partial charge in [-0.05, 0) is 24.3 Å². The Morgan fingerprint density at radius 3 is 2.38 bits per heavy atom. The number of hydrogen-bond acceptors (Lipinski definition) is 5. The quantitative estimate of drug-likeness (QED) is 0.584. The van der Waals surface area contributed by atoms with Crippen LogP contribution in [0.2, 0.25) is 5.02 Å². The van der Waals surface area contributed by atoms with Gasteiger partial charge < -0.3 is 5.73 Å². The zero-order valence-electron chi connectivity index (χ0n) is 13.4. The summed E-state index contributed by atoms with van der Waals surface area (Å²) in [6, 6.07) is 17.1. The van der Waals surface area contributed by atoms with Crippen LogP contribution in [0, 0.1) is 0 Å². The SMILES string of the molecule is Nc1c(S(=O)(=O)c2ccc(Cl)cc2)cnc2cc(-c3ccccc3)nn12. The molecule has 0 bridgehead atoms. The van der Waals surface area contributed by atoms with Gasteiger partial charge in [0, 0.05) is 16.7 Å². The third-order valence-electron chi connectivity index (χ3n) is 3.97. The summed E-state index contributed by atoms with van der Waals surface area (Å²) in [6.07, 6.45) is 1.26. The first kappa shape index (κ1) is 16.6. The average molecular weight is 385 g/mol. The van der Waals surface area contributed by atoms with Crippen molar-refractivity contribution in [1.82, 2.24) is 14.6 Å². The summed E-state index contributed by atoms with van der Waals surface area (Å²) in [7, 11) is -3.84. The molecular formula is C18H13ClN4O2S. The van der Waals surface area contributed by atoms with Gasteiger partial charge in [-0.1, -0.05) is 41.9 Å². The zero-order valence-corrected chi connectivity index (χ0v) is 14.9. The smallest absolute Gasteiger partial charge is 0.211 e. The lowest BCUT2D eigenvalue weighted by Crippen LogP contribution is -2.11. The van der Waals surface area contributed by atoms with E-state index in [4.69, 9.17) is 17.3 Å². The molecule has 0 fully saturated rings. The summed E-state index contributed by atoms with van der Waals surface area (Å²) in [5, 5.41) is 4.86. The molecule has 2 heterocycles. The van der Waals surface area contributed by atoms with Gasteiger partial charge in [-0.15, -0.1) is 0 Å². The molecule has 0 amide bonds. The lowest BCUT2D eigenvalue weighted by molar-refractivity contribution is 0.595. The van der Waals surface area contributed by atoms with Crippen molar-refractivity contribution in [2.24, 2.45) is 0 Å². The van der Waals surface area contributed by atoms with E-state index in [9.17, 15) is 8.42 Å². The molecule has 0 atom stereocenters. The molecule has 4 rings (SSSR count). The molecule has 0 radical (unpaired) electrons. The number of nitrogen functional groups attached to an aromatic ring is 1. The zero-order chi connectivity index (χ0) is 18.3. The fraction of sp³-hybridized carbons (Fsp3) is 0. The first-order valence-electron chi connectivity index (χ1n) is 7.67. The van der Waals surface area contributed by atoms with Gasteiger partial charge >= 0.3 is 0 Å². The molecule has 26 heavy (non-hydrogen) atoms. The van der Waals surface area contributed by atoms with Gasteiger partial charge in [-0.25, -0.2) is 13.4 Å². The van der Waals surface area contributed by atoms with Crippen molar-refractivity contribution < 1.29 is 8.42 Å². The molecule has 6 nitrogen and oxygen atoms in total. The maximum atomic E-state index is 12.9. The Morgan fingerprint density at radius 2 is 1.69 bits per heavy atom. The van der Waals surface area contributed by atoms with Gasteiger partial charge in [0.05, 0.1) is 16.8 Å². The van der Waals surface area contributed by atoms with Gasteiger partial charge in [-0.3, -0.25) is 0 Å². The molecule has 130 valence electrons. The van der Waals surface area contributed by atoms with Gasteiger partial charge in [0.1, 0.15) is 10.7 Å². The fourth-order valence-electron chi connectivity index (χ4n) is 2.63. The first-order valence-corrected chi connectivity index (χ1v) is 9.53. The Labute approximate surface area is 154 Å². The van der Waals surface area contributed by atoms with Crippen LogP contribution in [-0.2, 0) is 9.84 Å². The van der Waals surface area contributed by atoms with E-state index in [-0.39, 0.29) is 15.6 Å². The summed E-state index contributed by atoms with van der Waals surface area (Å²) in [4.78, 5) is 4.20. The summed E-state index contributed by atoms with van der Waals surface area (Å²) >= 11 is 5.83. The molecule has 2 N–H and O–H groups in total. The van der Waals surface area contributed by atoms with Crippen LogP contribution in [0.1, 0.15) is 0 Å². The number of halogens is 1. The van der Waals surface area contributed by atoms with Crippen molar-refractivity contribution >= 4 is 32.9 Å². The van der Waals surface area contributed by atoms with E-state index in [1.165, 1.54) is 35.0 Å². The molecule has 0 unspecified atom stereocenters. The molecule has 2 aromatic heterocycles. The molecule has 0 saturated carbocycles. The van der Waals surface area contributed by atoms with Gasteiger partial charge in [0.15, 0.2) is 5.65 Å². The van der Waals surface area contributed by atoms with Crippen LogP contribution in [-0.4, -0.2) is 23.0 Å². The minimum absolute atomic E-state index is 0.00660. The summed E-state index contributed by atoms with van der Waals surface area (Å²) in [5.41, 5.74) is 8.13. The Hall–Kier alpha value is -2.90. The Kier molecular flexibility index (Phi) is 3.90. The third kappa shape index (κ3) is 2.71. The minimum Gasteiger partial charge on any atom is -0.382 e. The highest BCUT2D eigenvalue weighted by Crippen LogP contribution is 2.28. The summed E-state index contributed by atoms with van der Waals surface area (Å²) in [6.45, 7) is 0. The van der Waals surface area contributed by atoms with Crippen LogP contribution < -0.4 is 5.73 Å². The number of rotatable bonds is 3. The number of anilines is 1. The van der Waals surface area contributed by atoms with Crippen LogP contribution in [0.25, 0.3) is 16.9 Å². The predicted octanol–water partition coefficient (Wildman–Crippen LogP) is 3.46. The van der Waals surface area contributed by atoms with Crippen LogP contribution in [0.15, 0.2) is 76.7 Å². The van der Waals surface area contributed by atoms with Crippen LogP contribution >= 0.6 is 11.6 Å². The number of hydrogen-bond donors (Lipinski definition) is 1. The fourth-order valence-corrected chi connectivity index (χ4v) is 4.06. The summed E-state index contributed by atoms with van der Waals surface area (Å²) < 4.78 is 27.1. The van der Waals surface area contributed by atoms with E-state index < -0.39 is 9.84 Å². The van der Waals surface area contributed by atoms with Crippen molar-refractivity contribution in [2.75, 3.05) is 5.73 Å². The van der Waals surface area contributed by atoms with Gasteiger partial charge in [0.25, 0.3) is 0 Å². The maximum absolute atomic E-state index is 12.9. The number of nitrogens with zero attached hydrogens (tertiary/aromatic N) is 3. The molecule has 0 aliphatic rings. The Balaban J connectivity index is 1.87. The molecule has 0 aliphatic carbocycles. The van der Waals surface area contributed by atoms with E-state index in [0.29, 0.717) is 16.4 Å². The largest absolute Gasteiger partial charge is 0.382 e. The Morgan fingerprint density at radius 1 is 1.00 bits per heavy atom. The van der Waals surface area contributed by atoms with Crippen molar-refractivity contribution in [2.45, 2.75) is 9.79 Å². The lowest BCUT2D eigenvalue weighted by Gasteiger charge is -2.08. The van der Waals surface area contributed by atoms with E-state index >= 15 is 0 Å². The van der Waals surface area contributed by atoms with E-state index in [1.807, 2.05) is 30.3 Å². The second-order valence-corrected chi connectivity index (χ2v) is 7.99. The number of aromatic nitrogens is 3. The van der Waals surface area contributed by atoms with E-state index in [1.54, 1.807) is 6.07 Å². The highest BCUT2D eigenvalue weighted by atomic mass is 35.5.